The zero-order valence-corrected chi connectivity index (χ0v) is 10.5. The van der Waals surface area contributed by atoms with Crippen LogP contribution in [0.2, 0.25) is 0 Å². The molecule has 0 bridgehead atoms. The lowest BCUT2D eigenvalue weighted by molar-refractivity contribution is -0.192. The van der Waals surface area contributed by atoms with Crippen LogP contribution in [0.4, 0.5) is 13.2 Å². The Hall–Kier alpha value is -1.27. The van der Waals surface area contributed by atoms with Crippen molar-refractivity contribution in [2.45, 2.75) is 45.7 Å². The molecular formula is C11H18F3NO3. The molecule has 0 fully saturated rings. The maximum atomic E-state index is 11.9. The number of unbranched alkanes of at least 4 members (excludes halogenated alkanes) is 1. The lowest BCUT2D eigenvalue weighted by atomic mass is 9.87. The highest BCUT2D eigenvalue weighted by atomic mass is 19.4. The van der Waals surface area contributed by atoms with Gasteiger partial charge in [0.2, 0.25) is 5.91 Å². The van der Waals surface area contributed by atoms with E-state index in [0.29, 0.717) is 19.3 Å². The molecule has 18 heavy (non-hydrogen) atoms. The molecule has 7 heteroatoms. The molecule has 0 aliphatic carbocycles. The van der Waals surface area contributed by atoms with Crippen LogP contribution in [0, 0.1) is 5.41 Å². The van der Waals surface area contributed by atoms with Gasteiger partial charge in [-0.2, -0.15) is 13.2 Å². The fourth-order valence-corrected chi connectivity index (χ4v) is 1.31. The minimum Gasteiger partial charge on any atom is -0.456 e. The van der Waals surface area contributed by atoms with E-state index in [9.17, 15) is 22.8 Å². The molecule has 0 aliphatic heterocycles. The molecule has 0 aromatic rings. The van der Waals surface area contributed by atoms with Gasteiger partial charge >= 0.3 is 12.1 Å². The van der Waals surface area contributed by atoms with Crippen molar-refractivity contribution in [1.29, 1.82) is 0 Å². The first-order valence-electron chi connectivity index (χ1n) is 5.57. The highest BCUT2D eigenvalue weighted by molar-refractivity contribution is 5.76. The van der Waals surface area contributed by atoms with Crippen LogP contribution in [0.5, 0.6) is 0 Å². The quantitative estimate of drug-likeness (QED) is 0.568. The summed E-state index contributed by atoms with van der Waals surface area (Å²) in [7, 11) is 0. The monoisotopic (exact) mass is 269 g/mol. The SMILES string of the molecule is CC(C)(CCCCC(N)=O)C(=O)OCC(F)(F)F. The molecule has 0 spiro atoms. The van der Waals surface area contributed by atoms with Gasteiger partial charge in [-0.05, 0) is 26.7 Å². The highest BCUT2D eigenvalue weighted by Gasteiger charge is 2.34. The number of amides is 1. The van der Waals surface area contributed by atoms with Crippen LogP contribution < -0.4 is 5.73 Å². The van der Waals surface area contributed by atoms with Crippen LogP contribution >= 0.6 is 0 Å². The van der Waals surface area contributed by atoms with Crippen LogP contribution in [0.3, 0.4) is 0 Å². The van der Waals surface area contributed by atoms with Crippen molar-refractivity contribution in [2.24, 2.45) is 11.1 Å². The molecule has 0 rings (SSSR count). The summed E-state index contributed by atoms with van der Waals surface area (Å²) in [5.41, 5.74) is 3.94. The van der Waals surface area contributed by atoms with Gasteiger partial charge in [0, 0.05) is 6.42 Å². The predicted molar refractivity (Wildman–Crippen MR) is 58.5 cm³/mol. The van der Waals surface area contributed by atoms with Gasteiger partial charge in [0.25, 0.3) is 0 Å². The minimum atomic E-state index is -4.52. The summed E-state index contributed by atoms with van der Waals surface area (Å²) in [6, 6.07) is 0. The molecule has 0 radical (unpaired) electrons. The van der Waals surface area contributed by atoms with Crippen molar-refractivity contribution < 1.29 is 27.5 Å². The van der Waals surface area contributed by atoms with E-state index in [2.05, 4.69) is 4.74 Å². The molecule has 0 saturated heterocycles. The molecule has 0 heterocycles. The van der Waals surface area contributed by atoms with E-state index in [0.717, 1.165) is 0 Å². The maximum Gasteiger partial charge on any atom is 0.422 e. The molecule has 1 amide bonds. The average molecular weight is 269 g/mol. The fourth-order valence-electron chi connectivity index (χ4n) is 1.31. The first-order chi connectivity index (χ1) is 8.04. The summed E-state index contributed by atoms with van der Waals surface area (Å²) in [6.07, 6.45) is -2.94. The topological polar surface area (TPSA) is 69.4 Å². The zero-order chi connectivity index (χ0) is 14.4. The molecule has 0 unspecified atom stereocenters. The van der Waals surface area contributed by atoms with Gasteiger partial charge in [-0.1, -0.05) is 6.42 Å². The number of hydrogen-bond donors (Lipinski definition) is 1. The van der Waals surface area contributed by atoms with E-state index < -0.39 is 30.1 Å². The van der Waals surface area contributed by atoms with Gasteiger partial charge < -0.3 is 10.5 Å². The van der Waals surface area contributed by atoms with Crippen molar-refractivity contribution >= 4 is 11.9 Å². The van der Waals surface area contributed by atoms with E-state index in [1.807, 2.05) is 0 Å². The number of hydrogen-bond acceptors (Lipinski definition) is 3. The van der Waals surface area contributed by atoms with E-state index in [1.165, 1.54) is 13.8 Å². The number of alkyl halides is 3. The minimum absolute atomic E-state index is 0.202. The zero-order valence-electron chi connectivity index (χ0n) is 10.5. The molecule has 2 N–H and O–H groups in total. The molecule has 4 nitrogen and oxygen atoms in total. The van der Waals surface area contributed by atoms with Gasteiger partial charge in [-0.15, -0.1) is 0 Å². The van der Waals surface area contributed by atoms with E-state index in [4.69, 9.17) is 5.73 Å². The van der Waals surface area contributed by atoms with Crippen molar-refractivity contribution in [2.75, 3.05) is 6.61 Å². The second-order valence-electron chi connectivity index (χ2n) is 4.75. The highest BCUT2D eigenvalue weighted by Crippen LogP contribution is 2.26. The number of rotatable bonds is 7. The molecular weight excluding hydrogens is 251 g/mol. The molecule has 0 atom stereocenters. The number of carbonyl (C=O) groups is 2. The Balaban J connectivity index is 4.03. The number of ether oxygens (including phenoxy) is 1. The maximum absolute atomic E-state index is 11.9. The van der Waals surface area contributed by atoms with Crippen LogP contribution in [-0.4, -0.2) is 24.7 Å². The summed E-state index contributed by atoms with van der Waals surface area (Å²) in [4.78, 5) is 21.9. The van der Waals surface area contributed by atoms with Crippen molar-refractivity contribution in [3.63, 3.8) is 0 Å². The molecule has 0 aromatic carbocycles. The van der Waals surface area contributed by atoms with Crippen molar-refractivity contribution in [3.05, 3.63) is 0 Å². The summed E-state index contributed by atoms with van der Waals surface area (Å²) in [5, 5.41) is 0. The number of halogens is 3. The van der Waals surface area contributed by atoms with Crippen LogP contribution in [0.1, 0.15) is 39.5 Å². The summed E-state index contributed by atoms with van der Waals surface area (Å²) in [6.45, 7) is 1.45. The van der Waals surface area contributed by atoms with E-state index in [-0.39, 0.29) is 6.42 Å². The molecule has 0 aliphatic rings. The van der Waals surface area contributed by atoms with Crippen molar-refractivity contribution in [1.82, 2.24) is 0 Å². The second kappa shape index (κ2) is 6.61. The Kier molecular flexibility index (Phi) is 6.14. The summed E-state index contributed by atoms with van der Waals surface area (Å²) < 4.78 is 39.8. The molecule has 0 aromatic heterocycles. The lowest BCUT2D eigenvalue weighted by Crippen LogP contribution is -2.30. The van der Waals surface area contributed by atoms with Gasteiger partial charge in [0.1, 0.15) is 0 Å². The van der Waals surface area contributed by atoms with Crippen molar-refractivity contribution in [3.8, 4) is 0 Å². The van der Waals surface area contributed by atoms with Gasteiger partial charge in [-0.25, -0.2) is 0 Å². The van der Waals surface area contributed by atoms with Crippen LogP contribution in [-0.2, 0) is 14.3 Å². The Morgan fingerprint density at radius 3 is 2.17 bits per heavy atom. The Morgan fingerprint density at radius 1 is 1.17 bits per heavy atom. The lowest BCUT2D eigenvalue weighted by Gasteiger charge is -2.22. The third-order valence-electron chi connectivity index (χ3n) is 2.39. The first kappa shape index (κ1) is 16.7. The number of primary amides is 1. The third-order valence-corrected chi connectivity index (χ3v) is 2.39. The predicted octanol–water partition coefficient (Wildman–Crippen LogP) is 2.16. The number of carbonyl (C=O) groups excluding carboxylic acids is 2. The van der Waals surface area contributed by atoms with Crippen LogP contribution in [0.25, 0.3) is 0 Å². The average Bonchev–Trinajstić information content (AvgIpc) is 2.19. The number of esters is 1. The fraction of sp³-hybridized carbons (Fsp3) is 0.818. The summed E-state index contributed by atoms with van der Waals surface area (Å²) in [5.74, 6) is -1.33. The largest absolute Gasteiger partial charge is 0.456 e. The Labute approximate surface area is 104 Å². The molecule has 0 saturated carbocycles. The van der Waals surface area contributed by atoms with Gasteiger partial charge in [-0.3, -0.25) is 9.59 Å². The van der Waals surface area contributed by atoms with Crippen LogP contribution in [0.15, 0.2) is 0 Å². The summed E-state index contributed by atoms with van der Waals surface area (Å²) >= 11 is 0. The smallest absolute Gasteiger partial charge is 0.422 e. The second-order valence-corrected chi connectivity index (χ2v) is 4.75. The standard InChI is InChI=1S/C11H18F3NO3/c1-10(2,6-4-3-5-8(15)16)9(17)18-7-11(12,13)14/h3-7H2,1-2H3,(H2,15,16). The van der Waals surface area contributed by atoms with E-state index >= 15 is 0 Å². The third kappa shape index (κ3) is 7.92. The Bertz CT molecular complexity index is 300. The first-order valence-corrected chi connectivity index (χ1v) is 5.57. The number of nitrogens with two attached hydrogens (primary N) is 1. The van der Waals surface area contributed by atoms with E-state index in [1.54, 1.807) is 0 Å². The molecule has 106 valence electrons. The van der Waals surface area contributed by atoms with Gasteiger partial charge in [0.05, 0.1) is 5.41 Å². The van der Waals surface area contributed by atoms with Gasteiger partial charge in [0.15, 0.2) is 6.61 Å². The normalized spacial score (nSPS) is 12.3. The Morgan fingerprint density at radius 2 is 1.72 bits per heavy atom.